The van der Waals surface area contributed by atoms with Gasteiger partial charge in [0.1, 0.15) is 0 Å². The molecule has 20 heavy (non-hydrogen) atoms. The van der Waals surface area contributed by atoms with Crippen molar-refractivity contribution < 1.29 is 4.79 Å². The SMILES string of the molecule is CCc1ccc(C(=O)c2cccc3cnccc23)cc1. The summed E-state index contributed by atoms with van der Waals surface area (Å²) in [7, 11) is 0. The van der Waals surface area contributed by atoms with Crippen molar-refractivity contribution in [2.75, 3.05) is 0 Å². The number of pyridine rings is 1. The molecule has 1 aromatic heterocycles. The van der Waals surface area contributed by atoms with Gasteiger partial charge < -0.3 is 0 Å². The third-order valence-corrected chi connectivity index (χ3v) is 3.55. The summed E-state index contributed by atoms with van der Waals surface area (Å²) in [5, 5.41) is 1.94. The van der Waals surface area contributed by atoms with Crippen molar-refractivity contribution in [1.29, 1.82) is 0 Å². The summed E-state index contributed by atoms with van der Waals surface area (Å²) in [6, 6.07) is 15.5. The van der Waals surface area contributed by atoms with E-state index in [1.165, 1.54) is 5.56 Å². The molecule has 0 atom stereocenters. The van der Waals surface area contributed by atoms with Gasteiger partial charge in [0.05, 0.1) is 0 Å². The molecule has 0 aliphatic heterocycles. The summed E-state index contributed by atoms with van der Waals surface area (Å²) >= 11 is 0. The van der Waals surface area contributed by atoms with Gasteiger partial charge in [0.25, 0.3) is 0 Å². The Balaban J connectivity index is 2.07. The van der Waals surface area contributed by atoms with Gasteiger partial charge in [-0.1, -0.05) is 49.4 Å². The molecule has 2 heteroatoms. The van der Waals surface area contributed by atoms with Crippen LogP contribution in [-0.2, 0) is 6.42 Å². The van der Waals surface area contributed by atoms with E-state index in [-0.39, 0.29) is 5.78 Å². The summed E-state index contributed by atoms with van der Waals surface area (Å²) in [6.45, 7) is 2.11. The molecule has 98 valence electrons. The molecule has 0 bridgehead atoms. The van der Waals surface area contributed by atoms with Crippen LogP contribution in [0.1, 0.15) is 28.4 Å². The van der Waals surface area contributed by atoms with E-state index in [4.69, 9.17) is 0 Å². The van der Waals surface area contributed by atoms with Crippen molar-refractivity contribution in [3.8, 4) is 0 Å². The lowest BCUT2D eigenvalue weighted by atomic mass is 9.97. The minimum absolute atomic E-state index is 0.0597. The van der Waals surface area contributed by atoms with E-state index >= 15 is 0 Å². The van der Waals surface area contributed by atoms with Crippen LogP contribution in [0, 0.1) is 0 Å². The lowest BCUT2D eigenvalue weighted by molar-refractivity contribution is 0.104. The zero-order chi connectivity index (χ0) is 13.9. The van der Waals surface area contributed by atoms with E-state index in [1.807, 2.05) is 48.5 Å². The quantitative estimate of drug-likeness (QED) is 0.666. The summed E-state index contributed by atoms with van der Waals surface area (Å²) in [5.41, 5.74) is 2.70. The van der Waals surface area contributed by atoms with E-state index in [0.717, 1.165) is 28.3 Å². The molecule has 0 radical (unpaired) electrons. The number of aryl methyl sites for hydroxylation is 1. The maximum Gasteiger partial charge on any atom is 0.193 e. The summed E-state index contributed by atoms with van der Waals surface area (Å²) in [6.07, 6.45) is 4.49. The summed E-state index contributed by atoms with van der Waals surface area (Å²) in [5.74, 6) is 0.0597. The number of carbonyl (C=O) groups excluding carboxylic acids is 1. The Morgan fingerprint density at radius 1 is 1.05 bits per heavy atom. The second-order valence-corrected chi connectivity index (χ2v) is 4.78. The monoisotopic (exact) mass is 261 g/mol. The number of hydrogen-bond acceptors (Lipinski definition) is 2. The van der Waals surface area contributed by atoms with Crippen molar-refractivity contribution in [1.82, 2.24) is 4.98 Å². The van der Waals surface area contributed by atoms with Gasteiger partial charge in [-0.15, -0.1) is 0 Å². The number of carbonyl (C=O) groups is 1. The Morgan fingerprint density at radius 2 is 1.85 bits per heavy atom. The average Bonchev–Trinajstić information content (AvgIpc) is 2.54. The number of ketones is 1. The Kier molecular flexibility index (Phi) is 3.30. The van der Waals surface area contributed by atoms with Crippen LogP contribution in [0.4, 0.5) is 0 Å². The minimum atomic E-state index is 0.0597. The van der Waals surface area contributed by atoms with Gasteiger partial charge in [-0.05, 0) is 23.4 Å². The van der Waals surface area contributed by atoms with E-state index in [9.17, 15) is 4.79 Å². The maximum atomic E-state index is 12.6. The fourth-order valence-corrected chi connectivity index (χ4v) is 2.37. The molecule has 2 aromatic carbocycles. The van der Waals surface area contributed by atoms with Crippen molar-refractivity contribution in [3.63, 3.8) is 0 Å². The highest BCUT2D eigenvalue weighted by molar-refractivity contribution is 6.16. The molecule has 0 saturated heterocycles. The fourth-order valence-electron chi connectivity index (χ4n) is 2.37. The number of benzene rings is 2. The molecule has 0 fully saturated rings. The summed E-state index contributed by atoms with van der Waals surface area (Å²) in [4.78, 5) is 16.7. The molecule has 3 rings (SSSR count). The predicted octanol–water partition coefficient (Wildman–Crippen LogP) is 4.03. The van der Waals surface area contributed by atoms with E-state index in [1.54, 1.807) is 12.4 Å². The van der Waals surface area contributed by atoms with Crippen LogP contribution in [0.15, 0.2) is 60.9 Å². The topological polar surface area (TPSA) is 30.0 Å². The molecule has 0 aliphatic carbocycles. The highest BCUT2D eigenvalue weighted by Crippen LogP contribution is 2.20. The van der Waals surface area contributed by atoms with Crippen molar-refractivity contribution in [2.45, 2.75) is 13.3 Å². The molecule has 0 amide bonds. The Hall–Kier alpha value is -2.48. The smallest absolute Gasteiger partial charge is 0.193 e. The van der Waals surface area contributed by atoms with Crippen LogP contribution in [0.25, 0.3) is 10.8 Å². The average molecular weight is 261 g/mol. The normalized spacial score (nSPS) is 10.7. The zero-order valence-corrected chi connectivity index (χ0v) is 11.3. The maximum absolute atomic E-state index is 12.6. The van der Waals surface area contributed by atoms with E-state index in [0.29, 0.717) is 0 Å². The van der Waals surface area contributed by atoms with Gasteiger partial charge in [0.2, 0.25) is 0 Å². The lowest BCUT2D eigenvalue weighted by Crippen LogP contribution is -2.02. The largest absolute Gasteiger partial charge is 0.289 e. The first-order valence-electron chi connectivity index (χ1n) is 6.76. The molecule has 0 saturated carbocycles. The van der Waals surface area contributed by atoms with Gasteiger partial charge in [-0.25, -0.2) is 0 Å². The Morgan fingerprint density at radius 3 is 2.60 bits per heavy atom. The molecule has 2 nitrogen and oxygen atoms in total. The molecule has 0 unspecified atom stereocenters. The van der Waals surface area contributed by atoms with Gasteiger partial charge in [-0.2, -0.15) is 0 Å². The van der Waals surface area contributed by atoms with Gasteiger partial charge in [-0.3, -0.25) is 9.78 Å². The fraction of sp³-hybridized carbons (Fsp3) is 0.111. The first kappa shape index (κ1) is 12.5. The number of aromatic nitrogens is 1. The molecule has 0 aliphatic rings. The van der Waals surface area contributed by atoms with Gasteiger partial charge in [0, 0.05) is 28.9 Å². The van der Waals surface area contributed by atoms with Gasteiger partial charge >= 0.3 is 0 Å². The zero-order valence-electron chi connectivity index (χ0n) is 11.3. The van der Waals surface area contributed by atoms with Crippen LogP contribution in [-0.4, -0.2) is 10.8 Å². The van der Waals surface area contributed by atoms with Crippen molar-refractivity contribution in [3.05, 3.63) is 77.6 Å². The lowest BCUT2D eigenvalue weighted by Gasteiger charge is -2.06. The molecule has 3 aromatic rings. The standard InChI is InChI=1S/C18H15NO/c1-2-13-6-8-14(9-7-13)18(20)17-5-3-4-15-12-19-11-10-16(15)17/h3-12H,2H2,1H3. The second-order valence-electron chi connectivity index (χ2n) is 4.78. The molecular weight excluding hydrogens is 246 g/mol. The van der Waals surface area contributed by atoms with Crippen LogP contribution in [0.3, 0.4) is 0 Å². The minimum Gasteiger partial charge on any atom is -0.289 e. The predicted molar refractivity (Wildman–Crippen MR) is 81.0 cm³/mol. The highest BCUT2D eigenvalue weighted by Gasteiger charge is 2.12. The van der Waals surface area contributed by atoms with E-state index < -0.39 is 0 Å². The Labute approximate surface area is 118 Å². The van der Waals surface area contributed by atoms with Crippen LogP contribution < -0.4 is 0 Å². The molecular formula is C18H15NO. The highest BCUT2D eigenvalue weighted by atomic mass is 16.1. The van der Waals surface area contributed by atoms with Crippen LogP contribution in [0.2, 0.25) is 0 Å². The molecule has 0 N–H and O–H groups in total. The van der Waals surface area contributed by atoms with E-state index in [2.05, 4.69) is 11.9 Å². The second kappa shape index (κ2) is 5.25. The third-order valence-electron chi connectivity index (χ3n) is 3.55. The van der Waals surface area contributed by atoms with Crippen molar-refractivity contribution in [2.24, 2.45) is 0 Å². The number of rotatable bonds is 3. The van der Waals surface area contributed by atoms with Crippen LogP contribution >= 0.6 is 0 Å². The van der Waals surface area contributed by atoms with Crippen molar-refractivity contribution >= 4 is 16.6 Å². The number of fused-ring (bicyclic) bond motifs is 1. The number of hydrogen-bond donors (Lipinski definition) is 0. The van der Waals surface area contributed by atoms with Crippen LogP contribution in [0.5, 0.6) is 0 Å². The molecule has 0 spiro atoms. The first-order valence-corrected chi connectivity index (χ1v) is 6.76. The first-order chi connectivity index (χ1) is 9.79. The third kappa shape index (κ3) is 2.21. The van der Waals surface area contributed by atoms with Gasteiger partial charge in [0.15, 0.2) is 5.78 Å². The number of nitrogens with zero attached hydrogens (tertiary/aromatic N) is 1. The Bertz CT molecular complexity index is 754. The molecule has 1 heterocycles. The summed E-state index contributed by atoms with van der Waals surface area (Å²) < 4.78 is 0.